The Balaban J connectivity index is 1.85. The molecule has 0 bridgehead atoms. The summed E-state index contributed by atoms with van der Waals surface area (Å²) in [5, 5.41) is 3.75. The lowest BCUT2D eigenvalue weighted by molar-refractivity contribution is 0.375. The molecule has 3 aromatic rings. The minimum Gasteiger partial charge on any atom is -0.296 e. The first-order valence-electron chi connectivity index (χ1n) is 6.66. The fourth-order valence-electron chi connectivity index (χ4n) is 2.14. The van der Waals surface area contributed by atoms with Gasteiger partial charge in [-0.15, -0.1) is 0 Å². The van der Waals surface area contributed by atoms with Gasteiger partial charge in [0.25, 0.3) is 0 Å². The van der Waals surface area contributed by atoms with Crippen molar-refractivity contribution >= 4 is 0 Å². The van der Waals surface area contributed by atoms with Crippen LogP contribution in [0.15, 0.2) is 57.8 Å². The van der Waals surface area contributed by atoms with Crippen molar-refractivity contribution in [2.45, 2.75) is 13.0 Å². The summed E-state index contributed by atoms with van der Waals surface area (Å²) in [5.41, 5.74) is 1.56. The Bertz CT molecular complexity index is 821. The van der Waals surface area contributed by atoms with Crippen molar-refractivity contribution in [2.24, 2.45) is 0 Å². The van der Waals surface area contributed by atoms with Gasteiger partial charge in [0.2, 0.25) is 0 Å². The molecule has 0 saturated heterocycles. The summed E-state index contributed by atoms with van der Waals surface area (Å²) >= 11 is 0. The highest BCUT2D eigenvalue weighted by Gasteiger charge is 2.12. The lowest BCUT2D eigenvalue weighted by Gasteiger charge is -2.05. The Hall–Kier alpha value is -2.76. The molecule has 2 aromatic carbocycles. The van der Waals surface area contributed by atoms with Crippen LogP contribution < -0.4 is 5.76 Å². The lowest BCUT2D eigenvalue weighted by atomic mass is 10.1. The van der Waals surface area contributed by atoms with Gasteiger partial charge in [-0.1, -0.05) is 29.4 Å². The minimum atomic E-state index is -0.582. The van der Waals surface area contributed by atoms with Gasteiger partial charge >= 0.3 is 5.76 Å². The van der Waals surface area contributed by atoms with Crippen LogP contribution in [-0.2, 0) is 13.0 Å². The average Bonchev–Trinajstić information content (AvgIpc) is 2.85. The molecule has 0 atom stereocenters. The normalized spacial score (nSPS) is 10.8. The third-order valence-corrected chi connectivity index (χ3v) is 3.29. The molecule has 3 rings (SSSR count). The molecule has 0 N–H and O–H groups in total. The Morgan fingerprint density at radius 1 is 0.909 bits per heavy atom. The second-order valence-electron chi connectivity index (χ2n) is 4.88. The molecule has 4 nitrogen and oxygen atoms in total. The standard InChI is InChI=1S/C16H12F2N2O2/c17-13-5-1-11(2-6-13)9-15-19-22-16(21)20(15)10-12-3-7-14(18)8-4-12/h1-8H,9-10H2. The third kappa shape index (κ3) is 3.11. The molecular weight excluding hydrogens is 290 g/mol. The van der Waals surface area contributed by atoms with Gasteiger partial charge in [-0.05, 0) is 35.4 Å². The van der Waals surface area contributed by atoms with Crippen LogP contribution in [0.4, 0.5) is 8.78 Å². The maximum absolute atomic E-state index is 12.9. The van der Waals surface area contributed by atoms with Gasteiger partial charge in [0.1, 0.15) is 11.6 Å². The van der Waals surface area contributed by atoms with Gasteiger partial charge in [0, 0.05) is 6.42 Å². The first-order chi connectivity index (χ1) is 10.6. The van der Waals surface area contributed by atoms with E-state index in [0.29, 0.717) is 12.2 Å². The van der Waals surface area contributed by atoms with Crippen molar-refractivity contribution in [1.82, 2.24) is 9.72 Å². The molecule has 6 heteroatoms. The van der Waals surface area contributed by atoms with Crippen LogP contribution >= 0.6 is 0 Å². The van der Waals surface area contributed by atoms with Crippen LogP contribution in [0.1, 0.15) is 17.0 Å². The zero-order chi connectivity index (χ0) is 15.5. The van der Waals surface area contributed by atoms with Crippen LogP contribution in [0, 0.1) is 11.6 Å². The number of hydrogen-bond donors (Lipinski definition) is 0. The Morgan fingerprint density at radius 2 is 1.45 bits per heavy atom. The number of nitrogens with zero attached hydrogens (tertiary/aromatic N) is 2. The lowest BCUT2D eigenvalue weighted by Crippen LogP contribution is -2.18. The molecule has 0 saturated carbocycles. The van der Waals surface area contributed by atoms with E-state index in [1.165, 1.54) is 28.8 Å². The number of hydrogen-bond acceptors (Lipinski definition) is 3. The van der Waals surface area contributed by atoms with Gasteiger partial charge in [0.05, 0.1) is 6.54 Å². The monoisotopic (exact) mass is 302 g/mol. The van der Waals surface area contributed by atoms with E-state index in [1.807, 2.05) is 0 Å². The zero-order valence-corrected chi connectivity index (χ0v) is 11.5. The molecule has 1 heterocycles. The number of rotatable bonds is 4. The van der Waals surface area contributed by atoms with E-state index in [0.717, 1.165) is 11.1 Å². The smallest absolute Gasteiger partial charge is 0.296 e. The van der Waals surface area contributed by atoms with Crippen molar-refractivity contribution in [2.75, 3.05) is 0 Å². The number of aromatic nitrogens is 2. The Morgan fingerprint density at radius 3 is 2.05 bits per heavy atom. The fourth-order valence-corrected chi connectivity index (χ4v) is 2.14. The summed E-state index contributed by atoms with van der Waals surface area (Å²) in [7, 11) is 0. The highest BCUT2D eigenvalue weighted by molar-refractivity contribution is 5.21. The van der Waals surface area contributed by atoms with Gasteiger partial charge < -0.3 is 0 Å². The van der Waals surface area contributed by atoms with Crippen molar-refractivity contribution < 1.29 is 13.3 Å². The maximum atomic E-state index is 12.9. The quantitative estimate of drug-likeness (QED) is 0.744. The van der Waals surface area contributed by atoms with Crippen LogP contribution in [0.2, 0.25) is 0 Å². The summed E-state index contributed by atoms with van der Waals surface area (Å²) in [6.45, 7) is 0.235. The first kappa shape index (κ1) is 14.2. The van der Waals surface area contributed by atoms with Crippen molar-refractivity contribution in [3.05, 3.63) is 87.7 Å². The second-order valence-corrected chi connectivity index (χ2v) is 4.88. The number of benzene rings is 2. The molecule has 0 amide bonds. The van der Waals surface area contributed by atoms with Crippen molar-refractivity contribution in [3.63, 3.8) is 0 Å². The molecule has 1 aromatic heterocycles. The maximum Gasteiger partial charge on any atom is 0.441 e. The SMILES string of the molecule is O=c1onc(Cc2ccc(F)cc2)n1Cc1ccc(F)cc1. The van der Waals surface area contributed by atoms with Crippen LogP contribution in [0.25, 0.3) is 0 Å². The summed E-state index contributed by atoms with van der Waals surface area (Å²) in [4.78, 5) is 11.8. The third-order valence-electron chi connectivity index (χ3n) is 3.29. The molecule has 0 aliphatic carbocycles. The van der Waals surface area contributed by atoms with E-state index in [2.05, 4.69) is 5.16 Å². The van der Waals surface area contributed by atoms with Gasteiger partial charge in [0.15, 0.2) is 5.82 Å². The van der Waals surface area contributed by atoms with E-state index in [4.69, 9.17) is 4.52 Å². The summed E-state index contributed by atoms with van der Waals surface area (Å²) in [5.74, 6) is -0.817. The predicted molar refractivity (Wildman–Crippen MR) is 75.5 cm³/mol. The molecule has 0 aliphatic rings. The van der Waals surface area contributed by atoms with E-state index in [-0.39, 0.29) is 18.2 Å². The minimum absolute atomic E-state index is 0.235. The first-order valence-corrected chi connectivity index (χ1v) is 6.66. The molecule has 0 spiro atoms. The molecule has 22 heavy (non-hydrogen) atoms. The van der Waals surface area contributed by atoms with E-state index in [9.17, 15) is 13.6 Å². The summed E-state index contributed by atoms with van der Waals surface area (Å²) in [6.07, 6.45) is 0.340. The van der Waals surface area contributed by atoms with Crippen LogP contribution in [-0.4, -0.2) is 9.72 Å². The Labute approximate surface area is 124 Å². The van der Waals surface area contributed by atoms with Crippen LogP contribution in [0.5, 0.6) is 0 Å². The predicted octanol–water partition coefficient (Wildman–Crippen LogP) is 2.75. The molecule has 112 valence electrons. The fraction of sp³-hybridized carbons (Fsp3) is 0.125. The number of halogens is 2. The molecule has 0 fully saturated rings. The molecule has 0 radical (unpaired) electrons. The van der Waals surface area contributed by atoms with Gasteiger partial charge in [-0.25, -0.2) is 13.6 Å². The van der Waals surface area contributed by atoms with E-state index >= 15 is 0 Å². The molecular formula is C16H12F2N2O2. The van der Waals surface area contributed by atoms with Crippen molar-refractivity contribution in [3.8, 4) is 0 Å². The summed E-state index contributed by atoms with van der Waals surface area (Å²) < 4.78 is 31.9. The highest BCUT2D eigenvalue weighted by atomic mass is 19.1. The average molecular weight is 302 g/mol. The van der Waals surface area contributed by atoms with Gasteiger partial charge in [-0.2, -0.15) is 0 Å². The highest BCUT2D eigenvalue weighted by Crippen LogP contribution is 2.10. The van der Waals surface area contributed by atoms with E-state index < -0.39 is 5.76 Å². The van der Waals surface area contributed by atoms with E-state index in [1.54, 1.807) is 24.3 Å². The van der Waals surface area contributed by atoms with Crippen molar-refractivity contribution in [1.29, 1.82) is 0 Å². The summed E-state index contributed by atoms with van der Waals surface area (Å²) in [6, 6.07) is 11.8. The Kier molecular flexibility index (Phi) is 3.82. The molecule has 0 unspecified atom stereocenters. The van der Waals surface area contributed by atoms with Crippen LogP contribution in [0.3, 0.4) is 0 Å². The zero-order valence-electron chi connectivity index (χ0n) is 11.5. The second kappa shape index (κ2) is 5.93. The van der Waals surface area contributed by atoms with Gasteiger partial charge in [-0.3, -0.25) is 9.09 Å². The topological polar surface area (TPSA) is 48.0 Å². The largest absolute Gasteiger partial charge is 0.441 e. The molecule has 0 aliphatic heterocycles.